The van der Waals surface area contributed by atoms with Crippen molar-refractivity contribution in [2.24, 2.45) is 11.8 Å². The first-order chi connectivity index (χ1) is 7.42. The first-order valence-corrected chi connectivity index (χ1v) is 6.31. The molecule has 0 saturated carbocycles. The predicted molar refractivity (Wildman–Crippen MR) is 67.7 cm³/mol. The number of carbonyl (C=O) groups is 2. The molecular formula is C10H18O4S2. The molecule has 0 aliphatic carbocycles. The maximum atomic E-state index is 11.3. The van der Waals surface area contributed by atoms with Crippen LogP contribution in [0.4, 0.5) is 0 Å². The Morgan fingerprint density at radius 1 is 0.938 bits per heavy atom. The lowest BCUT2D eigenvalue weighted by Gasteiger charge is -2.17. The van der Waals surface area contributed by atoms with Crippen LogP contribution in [-0.2, 0) is 19.1 Å². The Kier molecular flexibility index (Phi) is 7.66. The lowest BCUT2D eigenvalue weighted by molar-refractivity contribution is -0.188. The van der Waals surface area contributed by atoms with Crippen LogP contribution in [0.25, 0.3) is 0 Å². The number of carbonyl (C=O) groups excluding carboxylic acids is 2. The van der Waals surface area contributed by atoms with E-state index in [0.717, 1.165) is 0 Å². The van der Waals surface area contributed by atoms with Gasteiger partial charge in [-0.3, -0.25) is 9.59 Å². The molecule has 0 rings (SSSR count). The molecular weight excluding hydrogens is 248 g/mol. The quantitative estimate of drug-likeness (QED) is 0.435. The Labute approximate surface area is 107 Å². The van der Waals surface area contributed by atoms with Gasteiger partial charge in [-0.1, -0.05) is 13.8 Å². The molecule has 0 aliphatic heterocycles. The van der Waals surface area contributed by atoms with E-state index in [1.165, 1.54) is 6.92 Å². The molecule has 0 heterocycles. The van der Waals surface area contributed by atoms with Gasteiger partial charge in [-0.25, -0.2) is 0 Å². The van der Waals surface area contributed by atoms with Crippen LogP contribution < -0.4 is 0 Å². The molecule has 0 aromatic carbocycles. The summed E-state index contributed by atoms with van der Waals surface area (Å²) in [6.07, 6.45) is -0.871. The second kappa shape index (κ2) is 7.84. The van der Waals surface area contributed by atoms with Crippen molar-refractivity contribution in [3.63, 3.8) is 0 Å². The molecule has 0 fully saturated rings. The highest BCUT2D eigenvalue weighted by Crippen LogP contribution is 2.08. The minimum atomic E-state index is -0.871. The fourth-order valence-corrected chi connectivity index (χ4v) is 1.03. The van der Waals surface area contributed by atoms with Gasteiger partial charge in [0.15, 0.2) is 0 Å². The largest absolute Gasteiger partial charge is 0.425 e. The van der Waals surface area contributed by atoms with Gasteiger partial charge < -0.3 is 9.47 Å². The molecule has 2 atom stereocenters. The molecule has 0 spiro atoms. The van der Waals surface area contributed by atoms with Crippen molar-refractivity contribution < 1.29 is 19.1 Å². The van der Waals surface area contributed by atoms with Gasteiger partial charge in [-0.2, -0.15) is 25.3 Å². The smallest absolute Gasteiger partial charge is 0.312 e. The van der Waals surface area contributed by atoms with E-state index in [1.807, 2.05) is 0 Å². The Balaban J connectivity index is 4.03. The van der Waals surface area contributed by atoms with Crippen molar-refractivity contribution in [2.45, 2.75) is 27.1 Å². The summed E-state index contributed by atoms with van der Waals surface area (Å²) in [4.78, 5) is 22.7. The van der Waals surface area contributed by atoms with Crippen LogP contribution in [-0.4, -0.2) is 29.7 Å². The summed E-state index contributed by atoms with van der Waals surface area (Å²) in [6, 6.07) is 0. The lowest BCUT2D eigenvalue weighted by Crippen LogP contribution is -2.28. The molecule has 0 aromatic rings. The highest BCUT2D eigenvalue weighted by molar-refractivity contribution is 7.80. The van der Waals surface area contributed by atoms with Gasteiger partial charge in [0.2, 0.25) is 6.29 Å². The van der Waals surface area contributed by atoms with Crippen molar-refractivity contribution >= 4 is 37.2 Å². The van der Waals surface area contributed by atoms with Crippen LogP contribution in [0.2, 0.25) is 0 Å². The molecule has 4 nitrogen and oxygen atoms in total. The molecule has 2 unspecified atom stereocenters. The average Bonchev–Trinajstić information content (AvgIpc) is 2.26. The van der Waals surface area contributed by atoms with Crippen molar-refractivity contribution in [3.8, 4) is 0 Å². The first-order valence-electron chi connectivity index (χ1n) is 5.05. The molecule has 0 aromatic heterocycles. The monoisotopic (exact) mass is 266 g/mol. The summed E-state index contributed by atoms with van der Waals surface area (Å²) in [7, 11) is 0. The van der Waals surface area contributed by atoms with Crippen molar-refractivity contribution in [3.05, 3.63) is 0 Å². The van der Waals surface area contributed by atoms with E-state index in [2.05, 4.69) is 25.3 Å². The van der Waals surface area contributed by atoms with E-state index in [0.29, 0.717) is 11.5 Å². The second-order valence-electron chi connectivity index (χ2n) is 3.61. The summed E-state index contributed by atoms with van der Waals surface area (Å²) in [5.74, 6) is -0.680. The summed E-state index contributed by atoms with van der Waals surface area (Å²) < 4.78 is 9.83. The van der Waals surface area contributed by atoms with Crippen molar-refractivity contribution in [2.75, 3.05) is 11.5 Å². The third-order valence-electron chi connectivity index (χ3n) is 1.92. The van der Waals surface area contributed by atoms with E-state index in [4.69, 9.17) is 9.47 Å². The Bertz CT molecular complexity index is 221. The van der Waals surface area contributed by atoms with E-state index < -0.39 is 18.2 Å². The van der Waals surface area contributed by atoms with E-state index in [-0.39, 0.29) is 11.8 Å². The highest BCUT2D eigenvalue weighted by atomic mass is 32.1. The van der Waals surface area contributed by atoms with Crippen LogP contribution >= 0.6 is 25.3 Å². The summed E-state index contributed by atoms with van der Waals surface area (Å²) in [5.41, 5.74) is 0. The molecule has 0 bridgehead atoms. The fourth-order valence-electron chi connectivity index (χ4n) is 0.733. The maximum Gasteiger partial charge on any atom is 0.312 e. The van der Waals surface area contributed by atoms with Gasteiger partial charge in [-0.15, -0.1) is 0 Å². The van der Waals surface area contributed by atoms with Crippen molar-refractivity contribution in [1.29, 1.82) is 0 Å². The Morgan fingerprint density at radius 3 is 1.50 bits per heavy atom. The summed E-state index contributed by atoms with van der Waals surface area (Å²) in [6.45, 7) is 4.90. The third-order valence-corrected chi connectivity index (χ3v) is 3.01. The second-order valence-corrected chi connectivity index (χ2v) is 4.34. The zero-order chi connectivity index (χ0) is 12.7. The Hall–Kier alpha value is -0.360. The molecule has 0 saturated heterocycles. The Morgan fingerprint density at radius 2 is 1.25 bits per heavy atom. The minimum absolute atomic E-state index is 0.313. The van der Waals surface area contributed by atoms with E-state index in [9.17, 15) is 9.59 Å². The van der Waals surface area contributed by atoms with E-state index in [1.54, 1.807) is 13.8 Å². The lowest BCUT2D eigenvalue weighted by atomic mass is 10.2. The van der Waals surface area contributed by atoms with Crippen LogP contribution in [0.1, 0.15) is 20.8 Å². The van der Waals surface area contributed by atoms with Gasteiger partial charge in [0, 0.05) is 18.4 Å². The molecule has 0 radical (unpaired) electrons. The normalized spacial score (nSPS) is 16.1. The third kappa shape index (κ3) is 5.65. The molecule has 6 heteroatoms. The molecule has 16 heavy (non-hydrogen) atoms. The molecule has 0 amide bonds. The number of ether oxygens (including phenoxy) is 2. The highest BCUT2D eigenvalue weighted by Gasteiger charge is 2.20. The first kappa shape index (κ1) is 15.6. The van der Waals surface area contributed by atoms with Crippen molar-refractivity contribution in [1.82, 2.24) is 0 Å². The number of thiol groups is 2. The van der Waals surface area contributed by atoms with Crippen LogP contribution in [0.15, 0.2) is 0 Å². The van der Waals surface area contributed by atoms with Gasteiger partial charge >= 0.3 is 11.9 Å². The number of esters is 2. The zero-order valence-electron chi connectivity index (χ0n) is 9.67. The predicted octanol–water partition coefficient (Wildman–Crippen LogP) is 1.55. The summed E-state index contributed by atoms with van der Waals surface area (Å²) >= 11 is 7.95. The molecule has 94 valence electrons. The van der Waals surface area contributed by atoms with E-state index >= 15 is 0 Å². The SMILES string of the molecule is CC(OC(=O)C(C)CS)OC(=O)C(C)CS. The summed E-state index contributed by atoms with van der Waals surface area (Å²) in [5, 5.41) is 0. The number of rotatable bonds is 6. The number of hydrogen-bond donors (Lipinski definition) is 2. The molecule has 0 aliphatic rings. The molecule has 0 N–H and O–H groups in total. The standard InChI is InChI=1S/C10H18O4S2/c1-6(4-15)9(11)13-8(3)14-10(12)7(2)5-16/h6-8,15-16H,4-5H2,1-3H3. The van der Waals surface area contributed by atoms with Gasteiger partial charge in [-0.05, 0) is 0 Å². The van der Waals surface area contributed by atoms with Crippen LogP contribution in [0.3, 0.4) is 0 Å². The van der Waals surface area contributed by atoms with Crippen LogP contribution in [0, 0.1) is 11.8 Å². The fraction of sp³-hybridized carbons (Fsp3) is 0.800. The number of hydrogen-bond acceptors (Lipinski definition) is 6. The topological polar surface area (TPSA) is 52.6 Å². The zero-order valence-corrected chi connectivity index (χ0v) is 11.5. The van der Waals surface area contributed by atoms with Gasteiger partial charge in [0.25, 0.3) is 0 Å². The minimum Gasteiger partial charge on any atom is -0.425 e. The van der Waals surface area contributed by atoms with Crippen LogP contribution in [0.5, 0.6) is 0 Å². The van der Waals surface area contributed by atoms with Gasteiger partial charge in [0.1, 0.15) is 0 Å². The maximum absolute atomic E-state index is 11.3. The average molecular weight is 266 g/mol. The van der Waals surface area contributed by atoms with Gasteiger partial charge in [0.05, 0.1) is 11.8 Å².